The van der Waals surface area contributed by atoms with Crippen LogP contribution in [-0.4, -0.2) is 46.7 Å². The van der Waals surface area contributed by atoms with E-state index in [1.807, 2.05) is 25.1 Å². The van der Waals surface area contributed by atoms with E-state index in [0.29, 0.717) is 22.6 Å². The average molecular weight is 343 g/mol. The van der Waals surface area contributed by atoms with Crippen LogP contribution in [0.2, 0.25) is 0 Å². The lowest BCUT2D eigenvalue weighted by atomic mass is 10.1. The maximum absolute atomic E-state index is 12.2. The fourth-order valence-electron chi connectivity index (χ4n) is 2.22. The van der Waals surface area contributed by atoms with Gasteiger partial charge in [0.15, 0.2) is 23.9 Å². The number of carbonyl (C=O) groups excluding carboxylic acids is 2. The molecule has 0 spiro atoms. The Morgan fingerprint density at radius 3 is 2.28 bits per heavy atom. The van der Waals surface area contributed by atoms with Gasteiger partial charge in [0.05, 0.1) is 19.8 Å². The number of hydrogen-bond donors (Lipinski definition) is 0. The van der Waals surface area contributed by atoms with Gasteiger partial charge in [-0.1, -0.05) is 6.07 Å². The molecule has 0 atom stereocenters. The Bertz CT molecular complexity index is 770. The second kappa shape index (κ2) is 8.19. The van der Waals surface area contributed by atoms with E-state index in [1.165, 1.54) is 14.2 Å². The fraction of sp³-hybridized carbons (Fsp3) is 0.263. The SMILES string of the molecule is COc1ccc(C(=O)COC(=O)c2cccc(N(C)C)c2)cc1OC. The van der Waals surface area contributed by atoms with E-state index in [-0.39, 0.29) is 12.4 Å². The molecule has 0 fully saturated rings. The first-order valence-corrected chi connectivity index (χ1v) is 7.66. The third-order valence-corrected chi connectivity index (χ3v) is 3.64. The number of hydrogen-bond acceptors (Lipinski definition) is 6. The van der Waals surface area contributed by atoms with Crippen LogP contribution < -0.4 is 14.4 Å². The van der Waals surface area contributed by atoms with Crippen LogP contribution in [-0.2, 0) is 4.74 Å². The van der Waals surface area contributed by atoms with E-state index in [4.69, 9.17) is 14.2 Å². The predicted molar refractivity (Wildman–Crippen MR) is 94.9 cm³/mol. The molecule has 0 saturated heterocycles. The molecule has 0 bridgehead atoms. The van der Waals surface area contributed by atoms with Crippen LogP contribution in [0.1, 0.15) is 20.7 Å². The highest BCUT2D eigenvalue weighted by atomic mass is 16.5. The lowest BCUT2D eigenvalue weighted by Crippen LogP contribution is -2.15. The van der Waals surface area contributed by atoms with Crippen molar-refractivity contribution < 1.29 is 23.8 Å². The van der Waals surface area contributed by atoms with Gasteiger partial charge in [-0.3, -0.25) is 4.79 Å². The zero-order valence-electron chi connectivity index (χ0n) is 14.7. The molecule has 2 aromatic carbocycles. The second-order valence-corrected chi connectivity index (χ2v) is 5.51. The first-order valence-electron chi connectivity index (χ1n) is 7.66. The number of ketones is 1. The summed E-state index contributed by atoms with van der Waals surface area (Å²) in [4.78, 5) is 26.3. The monoisotopic (exact) mass is 343 g/mol. The zero-order valence-corrected chi connectivity index (χ0v) is 14.7. The summed E-state index contributed by atoms with van der Waals surface area (Å²) in [5, 5.41) is 0. The van der Waals surface area contributed by atoms with Crippen molar-refractivity contribution >= 4 is 17.4 Å². The van der Waals surface area contributed by atoms with Gasteiger partial charge in [0.1, 0.15) is 0 Å². The van der Waals surface area contributed by atoms with Gasteiger partial charge in [0.25, 0.3) is 0 Å². The molecule has 0 unspecified atom stereocenters. The average Bonchev–Trinajstić information content (AvgIpc) is 2.65. The van der Waals surface area contributed by atoms with E-state index in [2.05, 4.69) is 0 Å². The summed E-state index contributed by atoms with van der Waals surface area (Å²) in [5.41, 5.74) is 1.65. The van der Waals surface area contributed by atoms with Crippen molar-refractivity contribution in [3.05, 3.63) is 53.6 Å². The van der Waals surface area contributed by atoms with Crippen LogP contribution in [0.4, 0.5) is 5.69 Å². The van der Waals surface area contributed by atoms with Crippen LogP contribution >= 0.6 is 0 Å². The molecule has 2 aromatic rings. The maximum Gasteiger partial charge on any atom is 0.338 e. The first-order chi connectivity index (χ1) is 12.0. The number of esters is 1. The van der Waals surface area contributed by atoms with Crippen LogP contribution in [0.3, 0.4) is 0 Å². The molecule has 0 radical (unpaired) electrons. The van der Waals surface area contributed by atoms with Crippen molar-refractivity contribution in [3.63, 3.8) is 0 Å². The molecule has 0 amide bonds. The van der Waals surface area contributed by atoms with Gasteiger partial charge in [-0.25, -0.2) is 4.79 Å². The molecular formula is C19H21NO5. The third-order valence-electron chi connectivity index (χ3n) is 3.64. The number of rotatable bonds is 7. The highest BCUT2D eigenvalue weighted by Crippen LogP contribution is 2.27. The summed E-state index contributed by atoms with van der Waals surface area (Å²) in [6.45, 7) is -0.347. The minimum atomic E-state index is -0.544. The highest BCUT2D eigenvalue weighted by molar-refractivity contribution is 6.00. The molecular weight excluding hydrogens is 322 g/mol. The summed E-state index contributed by atoms with van der Waals surface area (Å²) in [6, 6.07) is 11.8. The van der Waals surface area contributed by atoms with Gasteiger partial charge in [-0.05, 0) is 36.4 Å². The van der Waals surface area contributed by atoms with Crippen LogP contribution in [0.15, 0.2) is 42.5 Å². The molecule has 0 heterocycles. The van der Waals surface area contributed by atoms with Crippen LogP contribution in [0.5, 0.6) is 11.5 Å². The fourth-order valence-corrected chi connectivity index (χ4v) is 2.22. The number of Topliss-reactive ketones (excluding diaryl/α,β-unsaturated/α-hetero) is 1. The van der Waals surface area contributed by atoms with Crippen molar-refractivity contribution in [2.24, 2.45) is 0 Å². The molecule has 0 aliphatic carbocycles. The molecule has 0 N–H and O–H groups in total. The van der Waals surface area contributed by atoms with E-state index in [9.17, 15) is 9.59 Å². The van der Waals surface area contributed by atoms with Gasteiger partial charge >= 0.3 is 5.97 Å². The molecule has 2 rings (SSSR count). The van der Waals surface area contributed by atoms with Crippen molar-refractivity contribution in [3.8, 4) is 11.5 Å². The molecule has 0 aliphatic heterocycles. The Balaban J connectivity index is 2.04. The summed E-state index contributed by atoms with van der Waals surface area (Å²) in [7, 11) is 6.77. The standard InChI is InChI=1S/C19H21NO5/c1-20(2)15-7-5-6-14(10-15)19(22)25-12-16(21)13-8-9-17(23-3)18(11-13)24-4/h5-11H,12H2,1-4H3. The van der Waals surface area contributed by atoms with Crippen LogP contribution in [0.25, 0.3) is 0 Å². The summed E-state index contributed by atoms with van der Waals surface area (Å²) in [5.74, 6) is 0.102. The van der Waals surface area contributed by atoms with Crippen molar-refractivity contribution in [2.45, 2.75) is 0 Å². The predicted octanol–water partition coefficient (Wildman–Crippen LogP) is 2.81. The molecule has 132 valence electrons. The molecule has 0 aromatic heterocycles. The first kappa shape index (κ1) is 18.3. The quantitative estimate of drug-likeness (QED) is 0.569. The van der Waals surface area contributed by atoms with Gasteiger partial charge in [0, 0.05) is 25.3 Å². The van der Waals surface area contributed by atoms with Crippen molar-refractivity contribution in [1.82, 2.24) is 0 Å². The largest absolute Gasteiger partial charge is 0.493 e. The molecule has 25 heavy (non-hydrogen) atoms. The number of benzene rings is 2. The van der Waals surface area contributed by atoms with Gasteiger partial charge < -0.3 is 19.1 Å². The lowest BCUT2D eigenvalue weighted by molar-refractivity contribution is 0.0474. The van der Waals surface area contributed by atoms with Crippen molar-refractivity contribution in [2.75, 3.05) is 39.8 Å². The number of nitrogens with zero attached hydrogens (tertiary/aromatic N) is 1. The van der Waals surface area contributed by atoms with Gasteiger partial charge in [-0.2, -0.15) is 0 Å². The number of methoxy groups -OCH3 is 2. The van der Waals surface area contributed by atoms with Gasteiger partial charge in [0.2, 0.25) is 0 Å². The Hall–Kier alpha value is -3.02. The topological polar surface area (TPSA) is 65.1 Å². The number of anilines is 1. The minimum Gasteiger partial charge on any atom is -0.493 e. The zero-order chi connectivity index (χ0) is 18.4. The summed E-state index contributed by atoms with van der Waals surface area (Å²) in [6.07, 6.45) is 0. The Labute approximate surface area is 146 Å². The molecule has 0 saturated carbocycles. The van der Waals surface area contributed by atoms with E-state index in [1.54, 1.807) is 36.4 Å². The Morgan fingerprint density at radius 2 is 1.64 bits per heavy atom. The third kappa shape index (κ3) is 4.50. The van der Waals surface area contributed by atoms with Crippen LogP contribution in [0, 0.1) is 0 Å². The Kier molecular flexibility index (Phi) is 6.00. The Morgan fingerprint density at radius 1 is 0.920 bits per heavy atom. The maximum atomic E-state index is 12.2. The highest BCUT2D eigenvalue weighted by Gasteiger charge is 2.14. The smallest absolute Gasteiger partial charge is 0.338 e. The lowest BCUT2D eigenvalue weighted by Gasteiger charge is -2.13. The summed E-state index contributed by atoms with van der Waals surface area (Å²) < 4.78 is 15.4. The normalized spacial score (nSPS) is 10.1. The minimum absolute atomic E-state index is 0.321. The van der Waals surface area contributed by atoms with E-state index < -0.39 is 5.97 Å². The van der Waals surface area contributed by atoms with E-state index in [0.717, 1.165) is 5.69 Å². The number of ether oxygens (including phenoxy) is 3. The second-order valence-electron chi connectivity index (χ2n) is 5.51. The van der Waals surface area contributed by atoms with E-state index >= 15 is 0 Å². The summed E-state index contributed by atoms with van der Waals surface area (Å²) >= 11 is 0. The number of carbonyl (C=O) groups is 2. The molecule has 6 heteroatoms. The molecule has 0 aliphatic rings. The van der Waals surface area contributed by atoms with Crippen molar-refractivity contribution in [1.29, 1.82) is 0 Å². The van der Waals surface area contributed by atoms with Gasteiger partial charge in [-0.15, -0.1) is 0 Å². The molecule has 6 nitrogen and oxygen atoms in total.